The van der Waals surface area contributed by atoms with E-state index < -0.39 is 6.04 Å². The lowest BCUT2D eigenvalue weighted by Gasteiger charge is -2.23. The molecule has 1 amide bonds. The molecule has 0 aliphatic carbocycles. The minimum absolute atomic E-state index is 0. The molecule has 0 unspecified atom stereocenters. The highest BCUT2D eigenvalue weighted by Gasteiger charge is 2.34. The lowest BCUT2D eigenvalue weighted by Crippen LogP contribution is -2.36. The second kappa shape index (κ2) is 17.9. The molecular weight excluding hydrogens is 715 g/mol. The van der Waals surface area contributed by atoms with Crippen LogP contribution < -0.4 is 11.1 Å². The maximum Gasteiger partial charge on any atom is 0.249 e. The normalized spacial score (nSPS) is 17.4. The molecule has 2 saturated heterocycles. The minimum Gasteiger partial charge on any atom is -0.337 e. The Morgan fingerprint density at radius 3 is 2.14 bits per heavy atom. The number of carbonyl (C=O) groups excluding carboxylic acids is 1. The summed E-state index contributed by atoms with van der Waals surface area (Å²) in [6.07, 6.45) is 4.21. The SMILES string of the molecule is Cl.Cl.Clc1cccc(-c2noc([C@@H]3CCCN3)n2)c1.N[C@@H](CC(=O)N1CCC[C@H]1c1nc(-c2cccc(Cl)c2)no1)Cc1ccccc1F. The van der Waals surface area contributed by atoms with Crippen molar-refractivity contribution in [1.29, 1.82) is 0 Å². The highest BCUT2D eigenvalue weighted by atomic mass is 35.5. The highest BCUT2D eigenvalue weighted by molar-refractivity contribution is 6.31. The van der Waals surface area contributed by atoms with Gasteiger partial charge < -0.3 is 25.0 Å². The Balaban J connectivity index is 0.000000242. The van der Waals surface area contributed by atoms with Crippen LogP contribution >= 0.6 is 48.0 Å². The molecule has 0 saturated carbocycles. The summed E-state index contributed by atoms with van der Waals surface area (Å²) in [5, 5.41) is 12.6. The van der Waals surface area contributed by atoms with Crippen molar-refractivity contribution in [2.45, 2.75) is 56.7 Å². The molecule has 15 heteroatoms. The third-order valence-corrected chi connectivity index (χ3v) is 8.61. The van der Waals surface area contributed by atoms with Crippen LogP contribution in [-0.4, -0.2) is 50.2 Å². The molecule has 2 fully saturated rings. The topological polar surface area (TPSA) is 136 Å². The number of hydrogen-bond donors (Lipinski definition) is 2. The van der Waals surface area contributed by atoms with E-state index in [1.807, 2.05) is 36.4 Å². The fourth-order valence-electron chi connectivity index (χ4n) is 5.81. The minimum atomic E-state index is -0.472. The molecule has 2 aromatic heterocycles. The smallest absolute Gasteiger partial charge is 0.249 e. The summed E-state index contributed by atoms with van der Waals surface area (Å²) in [5.74, 6) is 1.69. The number of likely N-dealkylation sites (tertiary alicyclic amines) is 1. The third kappa shape index (κ3) is 9.78. The van der Waals surface area contributed by atoms with Gasteiger partial charge in [-0.2, -0.15) is 9.97 Å². The van der Waals surface area contributed by atoms with E-state index >= 15 is 0 Å². The average Bonchev–Trinajstić information content (AvgIpc) is 3.89. The molecule has 5 aromatic rings. The number of nitrogens with zero attached hydrogens (tertiary/aromatic N) is 5. The van der Waals surface area contributed by atoms with Crippen LogP contribution in [0.25, 0.3) is 22.8 Å². The Morgan fingerprint density at radius 2 is 1.53 bits per heavy atom. The number of hydrogen-bond acceptors (Lipinski definition) is 9. The van der Waals surface area contributed by atoms with Crippen LogP contribution in [0.3, 0.4) is 0 Å². The summed E-state index contributed by atoms with van der Waals surface area (Å²) in [5.41, 5.74) is 8.29. The van der Waals surface area contributed by atoms with Gasteiger partial charge in [-0.3, -0.25) is 4.79 Å². The van der Waals surface area contributed by atoms with Crippen LogP contribution in [0.2, 0.25) is 10.0 Å². The summed E-state index contributed by atoms with van der Waals surface area (Å²) in [4.78, 5) is 23.5. The van der Waals surface area contributed by atoms with E-state index in [1.165, 1.54) is 6.07 Å². The molecule has 0 bridgehead atoms. The number of aromatic nitrogens is 4. The molecule has 260 valence electrons. The molecule has 49 heavy (non-hydrogen) atoms. The Kier molecular flexibility index (Phi) is 14.0. The lowest BCUT2D eigenvalue weighted by atomic mass is 10.0. The number of halogens is 5. The third-order valence-electron chi connectivity index (χ3n) is 8.14. The molecular formula is C34H36Cl4FN7O3. The molecule has 0 spiro atoms. The number of benzene rings is 3. The van der Waals surface area contributed by atoms with Crippen LogP contribution in [0.4, 0.5) is 4.39 Å². The van der Waals surface area contributed by atoms with Crippen molar-refractivity contribution in [3.63, 3.8) is 0 Å². The number of amides is 1. The zero-order valence-electron chi connectivity index (χ0n) is 26.3. The summed E-state index contributed by atoms with van der Waals surface area (Å²) in [7, 11) is 0. The van der Waals surface area contributed by atoms with Gasteiger partial charge in [-0.15, -0.1) is 24.8 Å². The Bertz CT molecular complexity index is 1820. The maximum absolute atomic E-state index is 13.9. The van der Waals surface area contributed by atoms with Gasteiger partial charge in [0.2, 0.25) is 29.3 Å². The van der Waals surface area contributed by atoms with Gasteiger partial charge >= 0.3 is 0 Å². The molecule has 10 nitrogen and oxygen atoms in total. The van der Waals surface area contributed by atoms with Crippen LogP contribution in [0, 0.1) is 5.82 Å². The average molecular weight is 752 g/mol. The van der Waals surface area contributed by atoms with E-state index in [0.717, 1.165) is 43.4 Å². The predicted octanol–water partition coefficient (Wildman–Crippen LogP) is 7.81. The van der Waals surface area contributed by atoms with Crippen LogP contribution in [0.5, 0.6) is 0 Å². The van der Waals surface area contributed by atoms with E-state index in [-0.39, 0.29) is 55.0 Å². The van der Waals surface area contributed by atoms with Crippen molar-refractivity contribution >= 4 is 53.9 Å². The van der Waals surface area contributed by atoms with Crippen LogP contribution in [0.15, 0.2) is 81.8 Å². The number of nitrogens with one attached hydrogen (secondary N) is 1. The molecule has 7 rings (SSSR count). The molecule has 0 radical (unpaired) electrons. The van der Waals surface area contributed by atoms with Gasteiger partial charge in [0.25, 0.3) is 0 Å². The van der Waals surface area contributed by atoms with Crippen LogP contribution in [0.1, 0.15) is 61.5 Å². The van der Waals surface area contributed by atoms with Gasteiger partial charge in [0.15, 0.2) is 0 Å². The van der Waals surface area contributed by atoms with Crippen molar-refractivity contribution in [3.05, 3.63) is 106 Å². The first-order valence-electron chi connectivity index (χ1n) is 15.5. The van der Waals surface area contributed by atoms with Gasteiger partial charge in [0, 0.05) is 40.2 Å². The van der Waals surface area contributed by atoms with Gasteiger partial charge in [0.05, 0.1) is 6.04 Å². The summed E-state index contributed by atoms with van der Waals surface area (Å²) >= 11 is 12.0. The molecule has 2 aliphatic heterocycles. The molecule has 4 heterocycles. The van der Waals surface area contributed by atoms with Crippen molar-refractivity contribution in [2.24, 2.45) is 5.73 Å². The van der Waals surface area contributed by atoms with E-state index in [9.17, 15) is 9.18 Å². The molecule has 3 aromatic carbocycles. The van der Waals surface area contributed by atoms with Crippen molar-refractivity contribution in [1.82, 2.24) is 30.5 Å². The standard InChI is InChI=1S/C22H22ClFN4O2.C12H12ClN3O.2ClH/c23-16-7-3-6-15(11-16)21-26-22(30-27-21)19-9-4-10-28(19)20(29)13-17(25)12-14-5-1-2-8-18(14)24;13-9-4-1-3-8(7-9)11-15-12(17-16-11)10-5-2-6-14-10;;/h1-3,5-8,11,17,19H,4,9-10,12-13,25H2;1,3-4,7,10,14H,2,5-6H2;2*1H/t17-,19+;10-;;/m10../s1. The largest absolute Gasteiger partial charge is 0.337 e. The van der Waals surface area contributed by atoms with Gasteiger partial charge in [0.1, 0.15) is 11.9 Å². The lowest BCUT2D eigenvalue weighted by molar-refractivity contribution is -0.132. The Morgan fingerprint density at radius 1 is 0.898 bits per heavy atom. The van der Waals surface area contributed by atoms with Crippen LogP contribution in [-0.2, 0) is 11.2 Å². The molecule has 3 N–H and O–H groups in total. The first-order valence-corrected chi connectivity index (χ1v) is 16.3. The predicted molar refractivity (Wildman–Crippen MR) is 190 cm³/mol. The summed E-state index contributed by atoms with van der Waals surface area (Å²) in [6.45, 7) is 1.62. The van der Waals surface area contributed by atoms with Crippen molar-refractivity contribution in [3.8, 4) is 22.8 Å². The quantitative estimate of drug-likeness (QED) is 0.163. The molecule has 3 atom stereocenters. The van der Waals surface area contributed by atoms with E-state index in [0.29, 0.717) is 52.0 Å². The van der Waals surface area contributed by atoms with E-state index in [4.69, 9.17) is 38.0 Å². The first kappa shape index (κ1) is 38.2. The van der Waals surface area contributed by atoms with E-state index in [1.54, 1.807) is 35.2 Å². The zero-order valence-corrected chi connectivity index (χ0v) is 29.5. The monoisotopic (exact) mass is 749 g/mol. The van der Waals surface area contributed by atoms with Crippen molar-refractivity contribution in [2.75, 3.05) is 13.1 Å². The second-order valence-corrected chi connectivity index (χ2v) is 12.5. The summed E-state index contributed by atoms with van der Waals surface area (Å²) in [6, 6.07) is 20.6. The number of nitrogens with two attached hydrogens (primary N) is 1. The fraction of sp³-hybridized carbons (Fsp3) is 0.324. The van der Waals surface area contributed by atoms with Gasteiger partial charge in [-0.05, 0) is 74.5 Å². The fourth-order valence-corrected chi connectivity index (χ4v) is 6.19. The Labute approximate surface area is 305 Å². The highest BCUT2D eigenvalue weighted by Crippen LogP contribution is 2.33. The van der Waals surface area contributed by atoms with Gasteiger partial charge in [-0.1, -0.05) is 76.0 Å². The maximum atomic E-state index is 13.9. The summed E-state index contributed by atoms with van der Waals surface area (Å²) < 4.78 is 24.6. The Hall–Kier alpha value is -3.58. The zero-order chi connectivity index (χ0) is 32.8. The van der Waals surface area contributed by atoms with E-state index in [2.05, 4.69) is 25.6 Å². The number of carbonyl (C=O) groups is 1. The molecule has 2 aliphatic rings. The van der Waals surface area contributed by atoms with Gasteiger partial charge in [-0.25, -0.2) is 4.39 Å². The number of rotatable bonds is 8. The second-order valence-electron chi connectivity index (χ2n) is 11.6. The first-order chi connectivity index (χ1) is 22.8. The van der Waals surface area contributed by atoms with Crippen molar-refractivity contribution < 1.29 is 18.2 Å².